The molecule has 0 aliphatic heterocycles. The summed E-state index contributed by atoms with van der Waals surface area (Å²) in [5.74, 6) is -3.41. The highest BCUT2D eigenvalue weighted by molar-refractivity contribution is 5.92. The summed E-state index contributed by atoms with van der Waals surface area (Å²) >= 11 is 0. The van der Waals surface area contributed by atoms with Crippen LogP contribution >= 0.6 is 0 Å². The van der Waals surface area contributed by atoms with Gasteiger partial charge >= 0.3 is 5.97 Å². The molecule has 2 atom stereocenters. The number of Topliss-reactive ketones (excluding diaryl/α,β-unsaturated/α-hetero) is 1. The molecule has 0 bridgehead atoms. The number of primary amides is 1. The number of amides is 2. The van der Waals surface area contributed by atoms with Crippen LogP contribution in [0.1, 0.15) is 44.6 Å². The molecule has 0 aliphatic rings. The van der Waals surface area contributed by atoms with E-state index in [1.54, 1.807) is 19.1 Å². The van der Waals surface area contributed by atoms with Crippen LogP contribution in [0, 0.1) is 16.0 Å². The number of nitrogens with one attached hydrogen (secondary N) is 1. The zero-order chi connectivity index (χ0) is 26.0. The molecular formula is C25H29N3O7. The van der Waals surface area contributed by atoms with Crippen molar-refractivity contribution in [3.8, 4) is 11.1 Å². The molecular weight excluding hydrogens is 454 g/mol. The standard InChI is InChI=1S/C25H29N3O7/c1-2-21(22(29)15-19(25(26)33)11-13-24(31)32)27-23(30)12-8-16-6-9-17(10-7-16)18-4-3-5-20(14-18)28(34)35/h3-7,9-10,14,19,21H,2,8,11-13,15H2,1H3,(H2,26,33)(H,27,30)(H,31,32)/t19-,21+/m1/s1. The summed E-state index contributed by atoms with van der Waals surface area (Å²) in [5, 5.41) is 22.4. The van der Waals surface area contributed by atoms with E-state index in [4.69, 9.17) is 10.8 Å². The molecule has 35 heavy (non-hydrogen) atoms. The molecule has 0 saturated heterocycles. The number of carbonyl (C=O) groups is 4. The summed E-state index contributed by atoms with van der Waals surface area (Å²) < 4.78 is 0. The maximum atomic E-state index is 12.6. The number of hydrogen-bond donors (Lipinski definition) is 3. The number of rotatable bonds is 14. The lowest BCUT2D eigenvalue weighted by Gasteiger charge is -2.19. The van der Waals surface area contributed by atoms with Crippen molar-refractivity contribution in [1.82, 2.24) is 5.32 Å². The quantitative estimate of drug-likeness (QED) is 0.274. The molecule has 0 heterocycles. The van der Waals surface area contributed by atoms with Gasteiger partial charge in [-0.1, -0.05) is 43.3 Å². The Morgan fingerprint density at radius 2 is 1.74 bits per heavy atom. The monoisotopic (exact) mass is 483 g/mol. The number of aryl methyl sites for hydroxylation is 1. The van der Waals surface area contributed by atoms with E-state index in [9.17, 15) is 29.3 Å². The Morgan fingerprint density at radius 3 is 2.31 bits per heavy atom. The third kappa shape index (κ3) is 8.65. The van der Waals surface area contributed by atoms with Gasteiger partial charge in [-0.2, -0.15) is 0 Å². The minimum Gasteiger partial charge on any atom is -0.481 e. The molecule has 0 fully saturated rings. The molecule has 0 radical (unpaired) electrons. The van der Waals surface area contributed by atoms with Crippen molar-refractivity contribution < 1.29 is 29.2 Å². The maximum Gasteiger partial charge on any atom is 0.303 e. The van der Waals surface area contributed by atoms with Crippen LogP contribution in [-0.4, -0.2) is 39.6 Å². The summed E-state index contributed by atoms with van der Waals surface area (Å²) in [6, 6.07) is 12.9. The van der Waals surface area contributed by atoms with Gasteiger partial charge in [-0.25, -0.2) is 0 Å². The third-order valence-electron chi connectivity index (χ3n) is 5.67. The van der Waals surface area contributed by atoms with Gasteiger partial charge < -0.3 is 16.2 Å². The number of carboxylic acids is 1. The van der Waals surface area contributed by atoms with E-state index in [0.29, 0.717) is 18.4 Å². The van der Waals surface area contributed by atoms with Crippen molar-refractivity contribution in [1.29, 1.82) is 0 Å². The molecule has 4 N–H and O–H groups in total. The zero-order valence-corrected chi connectivity index (χ0v) is 19.4. The Bertz CT molecular complexity index is 1080. The van der Waals surface area contributed by atoms with E-state index < -0.39 is 28.8 Å². The van der Waals surface area contributed by atoms with Crippen LogP contribution < -0.4 is 11.1 Å². The van der Waals surface area contributed by atoms with E-state index in [0.717, 1.165) is 11.1 Å². The highest BCUT2D eigenvalue weighted by Crippen LogP contribution is 2.24. The average Bonchev–Trinajstić information content (AvgIpc) is 2.83. The van der Waals surface area contributed by atoms with Crippen LogP contribution in [0.4, 0.5) is 5.69 Å². The van der Waals surface area contributed by atoms with Crippen molar-refractivity contribution in [3.63, 3.8) is 0 Å². The Labute approximate surface area is 202 Å². The van der Waals surface area contributed by atoms with E-state index in [2.05, 4.69) is 5.32 Å². The Hall–Kier alpha value is -4.08. The SMILES string of the molecule is CC[C@H](NC(=O)CCc1ccc(-c2cccc([N+](=O)[O-])c2)cc1)C(=O)C[C@@H](CCC(=O)O)C(N)=O. The number of aliphatic carboxylic acids is 1. The minimum atomic E-state index is -1.08. The maximum absolute atomic E-state index is 12.6. The molecule has 0 unspecified atom stereocenters. The third-order valence-corrected chi connectivity index (χ3v) is 5.67. The Kier molecular flexibility index (Phi) is 10.1. The molecule has 2 aromatic carbocycles. The molecule has 0 spiro atoms. The number of non-ortho nitro benzene ring substituents is 1. The van der Waals surface area contributed by atoms with Crippen LogP contribution in [-0.2, 0) is 25.6 Å². The molecule has 2 aromatic rings. The van der Waals surface area contributed by atoms with Gasteiger partial charge in [-0.05, 0) is 36.0 Å². The lowest BCUT2D eigenvalue weighted by atomic mass is 9.92. The number of hydrogen-bond acceptors (Lipinski definition) is 6. The number of benzene rings is 2. The minimum absolute atomic E-state index is 0.00677. The molecule has 0 saturated carbocycles. The van der Waals surface area contributed by atoms with Gasteiger partial charge in [-0.3, -0.25) is 29.3 Å². The van der Waals surface area contributed by atoms with Crippen molar-refractivity contribution in [2.24, 2.45) is 11.7 Å². The lowest BCUT2D eigenvalue weighted by Crippen LogP contribution is -2.42. The van der Waals surface area contributed by atoms with E-state index in [1.807, 2.05) is 24.3 Å². The summed E-state index contributed by atoms with van der Waals surface area (Å²) in [6.45, 7) is 1.73. The predicted octanol–water partition coefficient (Wildman–Crippen LogP) is 3.01. The summed E-state index contributed by atoms with van der Waals surface area (Å²) in [7, 11) is 0. The summed E-state index contributed by atoms with van der Waals surface area (Å²) in [5.41, 5.74) is 7.71. The van der Waals surface area contributed by atoms with Crippen LogP contribution in [0.2, 0.25) is 0 Å². The number of nitro benzene ring substituents is 1. The van der Waals surface area contributed by atoms with Crippen molar-refractivity contribution in [2.45, 2.75) is 51.5 Å². The topological polar surface area (TPSA) is 170 Å². The van der Waals surface area contributed by atoms with Crippen LogP contribution in [0.15, 0.2) is 48.5 Å². The first-order valence-corrected chi connectivity index (χ1v) is 11.3. The average molecular weight is 484 g/mol. The molecule has 2 rings (SSSR count). The molecule has 0 aromatic heterocycles. The van der Waals surface area contributed by atoms with Gasteiger partial charge in [0, 0.05) is 37.3 Å². The van der Waals surface area contributed by atoms with Crippen molar-refractivity contribution in [2.75, 3.05) is 0 Å². The lowest BCUT2D eigenvalue weighted by molar-refractivity contribution is -0.384. The fourth-order valence-electron chi connectivity index (χ4n) is 3.63. The second-order valence-corrected chi connectivity index (χ2v) is 8.23. The van der Waals surface area contributed by atoms with Gasteiger partial charge in [0.2, 0.25) is 11.8 Å². The molecule has 2 amide bonds. The van der Waals surface area contributed by atoms with Gasteiger partial charge in [0.25, 0.3) is 5.69 Å². The largest absolute Gasteiger partial charge is 0.481 e. The van der Waals surface area contributed by atoms with Crippen LogP contribution in [0.25, 0.3) is 11.1 Å². The fourth-order valence-corrected chi connectivity index (χ4v) is 3.63. The van der Waals surface area contributed by atoms with E-state index in [1.165, 1.54) is 12.1 Å². The highest BCUT2D eigenvalue weighted by Gasteiger charge is 2.26. The van der Waals surface area contributed by atoms with Crippen molar-refractivity contribution in [3.05, 3.63) is 64.2 Å². The molecule has 10 heteroatoms. The van der Waals surface area contributed by atoms with E-state index in [-0.39, 0.29) is 43.1 Å². The second kappa shape index (κ2) is 13.0. The first-order valence-electron chi connectivity index (χ1n) is 11.3. The van der Waals surface area contributed by atoms with Gasteiger partial charge in [0.15, 0.2) is 5.78 Å². The number of carbonyl (C=O) groups excluding carboxylic acids is 3. The van der Waals surface area contributed by atoms with Crippen molar-refractivity contribution >= 4 is 29.3 Å². The van der Waals surface area contributed by atoms with Gasteiger partial charge in [0.05, 0.1) is 11.0 Å². The normalized spacial score (nSPS) is 12.4. The number of nitrogens with zero attached hydrogens (tertiary/aromatic N) is 1. The molecule has 186 valence electrons. The fraction of sp³-hybridized carbons (Fsp3) is 0.360. The first kappa shape index (κ1) is 27.2. The number of ketones is 1. The van der Waals surface area contributed by atoms with Crippen LogP contribution in [0.3, 0.4) is 0 Å². The Balaban J connectivity index is 1.91. The summed E-state index contributed by atoms with van der Waals surface area (Å²) in [4.78, 5) is 57.8. The second-order valence-electron chi connectivity index (χ2n) is 8.23. The number of nitro groups is 1. The van der Waals surface area contributed by atoms with E-state index >= 15 is 0 Å². The van der Waals surface area contributed by atoms with Crippen LogP contribution in [0.5, 0.6) is 0 Å². The molecule has 0 aliphatic carbocycles. The summed E-state index contributed by atoms with van der Waals surface area (Å²) in [6.07, 6.45) is 0.358. The first-order chi connectivity index (χ1) is 16.6. The number of carboxylic acid groups (broad SMARTS) is 1. The zero-order valence-electron chi connectivity index (χ0n) is 19.4. The smallest absolute Gasteiger partial charge is 0.303 e. The Morgan fingerprint density at radius 1 is 1.06 bits per heavy atom. The molecule has 10 nitrogen and oxygen atoms in total. The van der Waals surface area contributed by atoms with Gasteiger partial charge in [-0.15, -0.1) is 0 Å². The predicted molar refractivity (Wildman–Crippen MR) is 128 cm³/mol. The van der Waals surface area contributed by atoms with Gasteiger partial charge in [0.1, 0.15) is 0 Å². The highest BCUT2D eigenvalue weighted by atomic mass is 16.6. The number of nitrogens with two attached hydrogens (primary N) is 1.